The number of hydrogen-bond acceptors (Lipinski definition) is 0. The average molecular weight is 193 g/mol. The minimum atomic E-state index is 1.26. The van der Waals surface area contributed by atoms with E-state index in [1.165, 1.54) is 21.9 Å². The zero-order valence-corrected chi connectivity index (χ0v) is 8.27. The summed E-state index contributed by atoms with van der Waals surface area (Å²) in [5, 5.41) is 2.54. The Morgan fingerprint density at radius 2 is 1.60 bits per heavy atom. The molecule has 0 saturated carbocycles. The Morgan fingerprint density at radius 1 is 0.733 bits per heavy atom. The molecule has 1 heteroatoms. The molecule has 0 bridgehead atoms. The third-order valence-electron chi connectivity index (χ3n) is 2.69. The van der Waals surface area contributed by atoms with Crippen molar-refractivity contribution in [3.8, 4) is 11.1 Å². The monoisotopic (exact) mass is 193 g/mol. The number of hydrogen-bond donors (Lipinski definition) is 1. The van der Waals surface area contributed by atoms with Gasteiger partial charge in [-0.1, -0.05) is 48.5 Å². The largest absolute Gasteiger partial charge is 0.366 e. The van der Waals surface area contributed by atoms with Gasteiger partial charge >= 0.3 is 0 Å². The summed E-state index contributed by atoms with van der Waals surface area (Å²) in [5.74, 6) is 0. The molecule has 0 aliphatic carbocycles. The second kappa shape index (κ2) is 3.28. The van der Waals surface area contributed by atoms with Crippen molar-refractivity contribution in [1.29, 1.82) is 0 Å². The predicted octanol–water partition coefficient (Wildman–Crippen LogP) is 3.83. The van der Waals surface area contributed by atoms with Gasteiger partial charge in [0.15, 0.2) is 0 Å². The van der Waals surface area contributed by atoms with Crippen LogP contribution in [0.4, 0.5) is 0 Å². The maximum Gasteiger partial charge on any atom is 0.00906 e. The number of aromatic amines is 1. The molecule has 0 saturated heterocycles. The van der Waals surface area contributed by atoms with Gasteiger partial charge in [0.2, 0.25) is 0 Å². The van der Waals surface area contributed by atoms with Crippen LogP contribution in [0.3, 0.4) is 0 Å². The SMILES string of the molecule is c1ccc(-c2cccc3c[nH]cc23)cc1. The molecule has 72 valence electrons. The lowest BCUT2D eigenvalue weighted by atomic mass is 10.0. The molecule has 0 unspecified atom stereocenters. The van der Waals surface area contributed by atoms with E-state index in [1.54, 1.807) is 0 Å². The number of fused-ring (bicyclic) bond motifs is 1. The molecule has 1 N–H and O–H groups in total. The lowest BCUT2D eigenvalue weighted by Crippen LogP contribution is -1.77. The van der Waals surface area contributed by atoms with Crippen LogP contribution in [0, 0.1) is 0 Å². The Balaban J connectivity index is 2.31. The van der Waals surface area contributed by atoms with Crippen LogP contribution >= 0.6 is 0 Å². The Morgan fingerprint density at radius 3 is 2.47 bits per heavy atom. The zero-order chi connectivity index (χ0) is 10.1. The number of nitrogens with one attached hydrogen (secondary N) is 1. The summed E-state index contributed by atoms with van der Waals surface area (Å²) in [7, 11) is 0. The first-order chi connectivity index (χ1) is 7.45. The van der Waals surface area contributed by atoms with Crippen molar-refractivity contribution < 1.29 is 0 Å². The van der Waals surface area contributed by atoms with Gasteiger partial charge in [0.1, 0.15) is 0 Å². The average Bonchev–Trinajstić information content (AvgIpc) is 2.78. The Labute approximate surface area is 88.4 Å². The van der Waals surface area contributed by atoms with E-state index in [1.807, 2.05) is 12.3 Å². The second-order valence-electron chi connectivity index (χ2n) is 3.63. The smallest absolute Gasteiger partial charge is 0.00906 e. The van der Waals surface area contributed by atoms with Crippen LogP contribution in [0.5, 0.6) is 0 Å². The lowest BCUT2D eigenvalue weighted by Gasteiger charge is -2.02. The molecular weight excluding hydrogens is 182 g/mol. The molecule has 0 radical (unpaired) electrons. The quantitative estimate of drug-likeness (QED) is 0.604. The molecule has 0 fully saturated rings. The first-order valence-electron chi connectivity index (χ1n) is 5.06. The van der Waals surface area contributed by atoms with Gasteiger partial charge in [-0.2, -0.15) is 0 Å². The first kappa shape index (κ1) is 8.30. The van der Waals surface area contributed by atoms with E-state index in [9.17, 15) is 0 Å². The number of rotatable bonds is 1. The van der Waals surface area contributed by atoms with Crippen LogP contribution in [0.25, 0.3) is 21.9 Å². The van der Waals surface area contributed by atoms with Crippen molar-refractivity contribution in [2.75, 3.05) is 0 Å². The van der Waals surface area contributed by atoms with E-state index in [2.05, 4.69) is 53.6 Å². The Bertz CT molecular complexity index is 578. The minimum Gasteiger partial charge on any atom is -0.366 e. The molecule has 0 spiro atoms. The van der Waals surface area contributed by atoms with Crippen LogP contribution in [0.15, 0.2) is 60.9 Å². The highest BCUT2D eigenvalue weighted by molar-refractivity contribution is 5.96. The van der Waals surface area contributed by atoms with E-state index >= 15 is 0 Å². The summed E-state index contributed by atoms with van der Waals surface area (Å²) in [6.45, 7) is 0. The predicted molar refractivity (Wildman–Crippen MR) is 63.7 cm³/mol. The van der Waals surface area contributed by atoms with Gasteiger partial charge in [-0.25, -0.2) is 0 Å². The fraction of sp³-hybridized carbons (Fsp3) is 0. The number of aromatic nitrogens is 1. The van der Waals surface area contributed by atoms with Crippen molar-refractivity contribution in [3.63, 3.8) is 0 Å². The van der Waals surface area contributed by atoms with E-state index in [0.29, 0.717) is 0 Å². The van der Waals surface area contributed by atoms with Crippen LogP contribution < -0.4 is 0 Å². The van der Waals surface area contributed by atoms with Gasteiger partial charge in [-0.15, -0.1) is 0 Å². The maximum atomic E-state index is 3.15. The minimum absolute atomic E-state index is 1.26. The van der Waals surface area contributed by atoms with E-state index < -0.39 is 0 Å². The highest BCUT2D eigenvalue weighted by atomic mass is 14.6. The maximum absolute atomic E-state index is 3.15. The summed E-state index contributed by atoms with van der Waals surface area (Å²) in [4.78, 5) is 3.15. The molecule has 3 aromatic rings. The molecule has 0 aliphatic heterocycles. The summed E-state index contributed by atoms with van der Waals surface area (Å²) in [5.41, 5.74) is 2.55. The zero-order valence-electron chi connectivity index (χ0n) is 8.27. The van der Waals surface area contributed by atoms with Crippen molar-refractivity contribution in [2.24, 2.45) is 0 Å². The molecule has 0 aliphatic rings. The third kappa shape index (κ3) is 1.33. The highest BCUT2D eigenvalue weighted by Crippen LogP contribution is 2.27. The normalized spacial score (nSPS) is 10.7. The van der Waals surface area contributed by atoms with Gasteiger partial charge in [-0.3, -0.25) is 0 Å². The standard InChI is InChI=1S/C14H11N/c1-2-5-11(6-3-1)13-8-4-7-12-9-15-10-14(12)13/h1-10,15H. The van der Waals surface area contributed by atoms with Crippen LogP contribution in [0.1, 0.15) is 0 Å². The van der Waals surface area contributed by atoms with Crippen molar-refractivity contribution in [3.05, 3.63) is 60.9 Å². The van der Waals surface area contributed by atoms with E-state index in [4.69, 9.17) is 0 Å². The Hall–Kier alpha value is -2.02. The molecule has 1 aromatic heterocycles. The van der Waals surface area contributed by atoms with Gasteiger partial charge in [0, 0.05) is 17.8 Å². The first-order valence-corrected chi connectivity index (χ1v) is 5.06. The number of benzene rings is 2. The molecule has 1 nitrogen and oxygen atoms in total. The molecule has 15 heavy (non-hydrogen) atoms. The van der Waals surface area contributed by atoms with E-state index in [-0.39, 0.29) is 0 Å². The fourth-order valence-electron chi connectivity index (χ4n) is 1.95. The summed E-state index contributed by atoms with van der Waals surface area (Å²) in [6, 6.07) is 16.8. The molecule has 0 amide bonds. The summed E-state index contributed by atoms with van der Waals surface area (Å²) < 4.78 is 0. The van der Waals surface area contributed by atoms with Crippen molar-refractivity contribution in [2.45, 2.75) is 0 Å². The molecule has 2 aromatic carbocycles. The highest BCUT2D eigenvalue weighted by Gasteiger charge is 2.02. The Kier molecular flexibility index (Phi) is 1.82. The van der Waals surface area contributed by atoms with Gasteiger partial charge in [0.05, 0.1) is 0 Å². The topological polar surface area (TPSA) is 15.8 Å². The van der Waals surface area contributed by atoms with Gasteiger partial charge in [0.25, 0.3) is 0 Å². The number of H-pyrrole nitrogens is 1. The fourth-order valence-corrected chi connectivity index (χ4v) is 1.95. The molecule has 3 rings (SSSR count). The summed E-state index contributed by atoms with van der Waals surface area (Å²) in [6.07, 6.45) is 4.08. The second-order valence-corrected chi connectivity index (χ2v) is 3.63. The lowest BCUT2D eigenvalue weighted by molar-refractivity contribution is 1.43. The van der Waals surface area contributed by atoms with E-state index in [0.717, 1.165) is 0 Å². The summed E-state index contributed by atoms with van der Waals surface area (Å²) >= 11 is 0. The van der Waals surface area contributed by atoms with Crippen molar-refractivity contribution >= 4 is 10.8 Å². The van der Waals surface area contributed by atoms with Gasteiger partial charge in [-0.05, 0) is 16.5 Å². The molecule has 1 heterocycles. The van der Waals surface area contributed by atoms with Crippen molar-refractivity contribution in [1.82, 2.24) is 4.98 Å². The van der Waals surface area contributed by atoms with Crippen LogP contribution in [-0.2, 0) is 0 Å². The van der Waals surface area contributed by atoms with Crippen LogP contribution in [0.2, 0.25) is 0 Å². The van der Waals surface area contributed by atoms with Gasteiger partial charge < -0.3 is 4.98 Å². The molecule has 0 atom stereocenters. The van der Waals surface area contributed by atoms with Crippen LogP contribution in [-0.4, -0.2) is 4.98 Å². The third-order valence-corrected chi connectivity index (χ3v) is 2.69. The molecular formula is C14H11N.